The van der Waals surface area contributed by atoms with E-state index in [0.717, 1.165) is 29.8 Å². The zero-order valence-electron chi connectivity index (χ0n) is 17.0. The van der Waals surface area contributed by atoms with Gasteiger partial charge in [-0.2, -0.15) is 0 Å². The molecule has 1 aliphatic rings. The molecule has 4 rings (SSSR count). The molecule has 1 fully saturated rings. The second-order valence-corrected chi connectivity index (χ2v) is 9.60. The molecule has 158 valence electrons. The van der Waals surface area contributed by atoms with Gasteiger partial charge in [-0.3, -0.25) is 4.79 Å². The summed E-state index contributed by atoms with van der Waals surface area (Å²) >= 11 is 0. The number of aromatic nitrogens is 1. The molecule has 8 heteroatoms. The lowest BCUT2D eigenvalue weighted by atomic mass is 9.96. The molecule has 3 aromatic rings. The van der Waals surface area contributed by atoms with Crippen molar-refractivity contribution in [3.63, 3.8) is 0 Å². The largest absolute Gasteiger partial charge is 0.440 e. The van der Waals surface area contributed by atoms with Gasteiger partial charge in [0, 0.05) is 30.6 Å². The van der Waals surface area contributed by atoms with Crippen LogP contribution in [0.4, 0.5) is 0 Å². The molecule has 7 nitrogen and oxygen atoms in total. The number of hydrogen-bond donors (Lipinski definition) is 1. The van der Waals surface area contributed by atoms with Crippen molar-refractivity contribution >= 4 is 27.0 Å². The van der Waals surface area contributed by atoms with E-state index in [9.17, 15) is 13.2 Å². The number of carbonyl (C=O) groups excluding carboxylic acids is 1. The average Bonchev–Trinajstić information content (AvgIpc) is 3.17. The number of fused-ring (bicyclic) bond motifs is 1. The average molecular weight is 428 g/mol. The van der Waals surface area contributed by atoms with Crippen molar-refractivity contribution < 1.29 is 17.6 Å². The van der Waals surface area contributed by atoms with E-state index in [1.54, 1.807) is 30.9 Å². The van der Waals surface area contributed by atoms with E-state index < -0.39 is 10.0 Å². The van der Waals surface area contributed by atoms with Gasteiger partial charge >= 0.3 is 0 Å². The third-order valence-electron chi connectivity index (χ3n) is 5.22. The molecule has 1 aromatic heterocycles. The summed E-state index contributed by atoms with van der Waals surface area (Å²) in [5, 5.41) is 0. The molecule has 1 saturated heterocycles. The Hall–Kier alpha value is -2.71. The van der Waals surface area contributed by atoms with Crippen LogP contribution in [0, 0.1) is 0 Å². The lowest BCUT2D eigenvalue weighted by Crippen LogP contribution is -2.38. The zero-order chi connectivity index (χ0) is 21.3. The Kier molecular flexibility index (Phi) is 5.62. The number of piperidine rings is 1. The highest BCUT2D eigenvalue weighted by Gasteiger charge is 2.28. The monoisotopic (exact) mass is 427 g/mol. The number of nitrogens with one attached hydrogen (secondary N) is 1. The second kappa shape index (κ2) is 8.20. The number of likely N-dealkylation sites (tertiary alicyclic amines) is 1. The number of sulfonamides is 1. The van der Waals surface area contributed by atoms with Crippen molar-refractivity contribution in [2.45, 2.75) is 43.5 Å². The molecule has 0 saturated carbocycles. The maximum Gasteiger partial charge on any atom is 0.253 e. The molecule has 0 atom stereocenters. The van der Waals surface area contributed by atoms with Crippen LogP contribution in [0.3, 0.4) is 0 Å². The van der Waals surface area contributed by atoms with Gasteiger partial charge in [0.25, 0.3) is 5.91 Å². The molecular weight excluding hydrogens is 402 g/mol. The standard InChI is InChI=1S/C22H25N3O4S/c1-15(2)24-30(27,28)18-7-5-6-17(14-18)22(26)25-12-10-16(11-13-25)21-23-19-8-3-4-9-20(19)29-21/h3-9,14-16,24H,10-13H2,1-2H3. The smallest absolute Gasteiger partial charge is 0.253 e. The third kappa shape index (κ3) is 4.24. The van der Waals surface area contributed by atoms with Crippen molar-refractivity contribution in [1.29, 1.82) is 0 Å². The SMILES string of the molecule is CC(C)NS(=O)(=O)c1cccc(C(=O)N2CCC(c3nc4ccccc4o3)CC2)c1. The molecular formula is C22H25N3O4S. The van der Waals surface area contributed by atoms with Crippen molar-refractivity contribution in [2.24, 2.45) is 0 Å². The summed E-state index contributed by atoms with van der Waals surface area (Å²) in [7, 11) is -3.65. The van der Waals surface area contributed by atoms with Crippen LogP contribution in [-0.2, 0) is 10.0 Å². The molecule has 2 heterocycles. The molecule has 0 spiro atoms. The summed E-state index contributed by atoms with van der Waals surface area (Å²) in [5.74, 6) is 0.729. The Labute approximate surface area is 176 Å². The number of benzene rings is 2. The van der Waals surface area contributed by atoms with Crippen molar-refractivity contribution in [3.8, 4) is 0 Å². The van der Waals surface area contributed by atoms with Crippen LogP contribution in [0.15, 0.2) is 57.8 Å². The summed E-state index contributed by atoms with van der Waals surface area (Å²) in [6.45, 7) is 4.66. The summed E-state index contributed by atoms with van der Waals surface area (Å²) in [4.78, 5) is 19.4. The minimum Gasteiger partial charge on any atom is -0.440 e. The van der Waals surface area contributed by atoms with Gasteiger partial charge in [-0.1, -0.05) is 18.2 Å². The summed E-state index contributed by atoms with van der Waals surface area (Å²) in [6, 6.07) is 13.7. The van der Waals surface area contributed by atoms with E-state index in [-0.39, 0.29) is 22.8 Å². The predicted octanol–water partition coefficient (Wildman–Crippen LogP) is 3.53. The van der Waals surface area contributed by atoms with Gasteiger partial charge < -0.3 is 9.32 Å². The highest BCUT2D eigenvalue weighted by molar-refractivity contribution is 7.89. The third-order valence-corrected chi connectivity index (χ3v) is 6.88. The normalized spacial score (nSPS) is 15.8. The van der Waals surface area contributed by atoms with E-state index >= 15 is 0 Å². The number of amides is 1. The minimum absolute atomic E-state index is 0.100. The molecule has 1 aliphatic heterocycles. The zero-order valence-corrected chi connectivity index (χ0v) is 17.9. The van der Waals surface area contributed by atoms with Crippen LogP contribution < -0.4 is 4.72 Å². The highest BCUT2D eigenvalue weighted by atomic mass is 32.2. The van der Waals surface area contributed by atoms with Gasteiger partial charge in [0.2, 0.25) is 10.0 Å². The van der Waals surface area contributed by atoms with Crippen molar-refractivity contribution in [2.75, 3.05) is 13.1 Å². The van der Waals surface area contributed by atoms with Gasteiger partial charge in [-0.25, -0.2) is 18.1 Å². The Morgan fingerprint density at radius 2 is 1.87 bits per heavy atom. The number of oxazole rings is 1. The topological polar surface area (TPSA) is 92.5 Å². The fourth-order valence-corrected chi connectivity index (χ4v) is 5.05. The minimum atomic E-state index is -3.65. The maximum atomic E-state index is 13.0. The van der Waals surface area contributed by atoms with Crippen LogP contribution in [0.1, 0.15) is 48.9 Å². The maximum absolute atomic E-state index is 13.0. The summed E-state index contributed by atoms with van der Waals surface area (Å²) < 4.78 is 33.3. The van der Waals surface area contributed by atoms with Gasteiger partial charge in [-0.05, 0) is 57.0 Å². The first-order chi connectivity index (χ1) is 14.3. The fraction of sp³-hybridized carbons (Fsp3) is 0.364. The number of rotatable bonds is 5. The van der Waals surface area contributed by atoms with Crippen LogP contribution in [0.5, 0.6) is 0 Å². The van der Waals surface area contributed by atoms with Crippen LogP contribution in [0.2, 0.25) is 0 Å². The molecule has 2 aromatic carbocycles. The number of carbonyl (C=O) groups is 1. The molecule has 30 heavy (non-hydrogen) atoms. The predicted molar refractivity (Wildman–Crippen MR) is 114 cm³/mol. The number of hydrogen-bond acceptors (Lipinski definition) is 5. The summed E-state index contributed by atoms with van der Waals surface area (Å²) in [6.07, 6.45) is 1.51. The van der Waals surface area contributed by atoms with Gasteiger partial charge in [-0.15, -0.1) is 0 Å². The van der Waals surface area contributed by atoms with E-state index in [0.29, 0.717) is 18.7 Å². The Balaban J connectivity index is 1.45. The van der Waals surface area contributed by atoms with E-state index in [2.05, 4.69) is 9.71 Å². The van der Waals surface area contributed by atoms with Gasteiger partial charge in [0.1, 0.15) is 5.52 Å². The first-order valence-corrected chi connectivity index (χ1v) is 11.6. The molecule has 1 amide bonds. The lowest BCUT2D eigenvalue weighted by molar-refractivity contribution is 0.0706. The van der Waals surface area contributed by atoms with E-state index in [4.69, 9.17) is 4.42 Å². The number of para-hydroxylation sites is 2. The number of nitrogens with zero attached hydrogens (tertiary/aromatic N) is 2. The Morgan fingerprint density at radius 1 is 1.13 bits per heavy atom. The molecule has 0 bridgehead atoms. The lowest BCUT2D eigenvalue weighted by Gasteiger charge is -2.30. The highest BCUT2D eigenvalue weighted by Crippen LogP contribution is 2.30. The molecule has 1 N–H and O–H groups in total. The van der Waals surface area contributed by atoms with E-state index in [1.165, 1.54) is 12.1 Å². The Morgan fingerprint density at radius 3 is 2.57 bits per heavy atom. The summed E-state index contributed by atoms with van der Waals surface area (Å²) in [5.41, 5.74) is 2.00. The van der Waals surface area contributed by atoms with Gasteiger partial charge in [0.05, 0.1) is 4.90 Å². The quantitative estimate of drug-likeness (QED) is 0.672. The first-order valence-electron chi connectivity index (χ1n) is 10.1. The first kappa shape index (κ1) is 20.6. The fourth-order valence-electron chi connectivity index (χ4n) is 3.75. The van der Waals surface area contributed by atoms with Crippen LogP contribution in [-0.4, -0.2) is 43.3 Å². The van der Waals surface area contributed by atoms with Crippen molar-refractivity contribution in [1.82, 2.24) is 14.6 Å². The molecule has 0 aliphatic carbocycles. The molecule has 0 unspecified atom stereocenters. The van der Waals surface area contributed by atoms with Crippen LogP contribution >= 0.6 is 0 Å². The Bertz CT molecular complexity index is 1130. The van der Waals surface area contributed by atoms with Gasteiger partial charge in [0.15, 0.2) is 11.5 Å². The molecule has 0 radical (unpaired) electrons. The van der Waals surface area contributed by atoms with Crippen LogP contribution in [0.25, 0.3) is 11.1 Å². The van der Waals surface area contributed by atoms with Crippen molar-refractivity contribution in [3.05, 3.63) is 60.0 Å². The van der Waals surface area contributed by atoms with E-state index in [1.807, 2.05) is 24.3 Å². The second-order valence-electron chi connectivity index (χ2n) is 7.89.